The molecule has 0 N–H and O–H groups in total. The SMILES string of the molecule is CCCCc1ccc(C)c2ccc(C)cc12. The predicted molar refractivity (Wildman–Crippen MR) is 72.0 cm³/mol. The summed E-state index contributed by atoms with van der Waals surface area (Å²) in [6.07, 6.45) is 3.75. The van der Waals surface area contributed by atoms with E-state index >= 15 is 0 Å². The van der Waals surface area contributed by atoms with Crippen LogP contribution in [-0.2, 0) is 6.42 Å². The third-order valence-corrected chi connectivity index (χ3v) is 3.28. The lowest BCUT2D eigenvalue weighted by Crippen LogP contribution is -1.90. The van der Waals surface area contributed by atoms with Gasteiger partial charge in [0.05, 0.1) is 0 Å². The Labute approximate surface area is 98.3 Å². The van der Waals surface area contributed by atoms with Crippen LogP contribution in [0.3, 0.4) is 0 Å². The zero-order valence-corrected chi connectivity index (χ0v) is 10.5. The van der Waals surface area contributed by atoms with Crippen molar-refractivity contribution in [2.24, 2.45) is 0 Å². The van der Waals surface area contributed by atoms with E-state index in [0.29, 0.717) is 0 Å². The van der Waals surface area contributed by atoms with Gasteiger partial charge in [0.1, 0.15) is 0 Å². The van der Waals surface area contributed by atoms with E-state index in [1.165, 1.54) is 46.7 Å². The highest BCUT2D eigenvalue weighted by Crippen LogP contribution is 2.24. The first kappa shape index (κ1) is 11.2. The summed E-state index contributed by atoms with van der Waals surface area (Å²) in [6.45, 7) is 6.62. The molecule has 0 heteroatoms. The minimum absolute atomic E-state index is 1.21. The second-order valence-corrected chi connectivity index (χ2v) is 4.69. The molecule has 16 heavy (non-hydrogen) atoms. The zero-order valence-electron chi connectivity index (χ0n) is 10.5. The Morgan fingerprint density at radius 2 is 1.75 bits per heavy atom. The van der Waals surface area contributed by atoms with E-state index in [4.69, 9.17) is 0 Å². The Morgan fingerprint density at radius 1 is 0.938 bits per heavy atom. The smallest absolute Gasteiger partial charge is 0.0147 e. The molecule has 0 aliphatic heterocycles. The number of rotatable bonds is 3. The van der Waals surface area contributed by atoms with Crippen LogP contribution in [0.25, 0.3) is 10.8 Å². The van der Waals surface area contributed by atoms with Gasteiger partial charge in [0.15, 0.2) is 0 Å². The summed E-state index contributed by atoms with van der Waals surface area (Å²) in [6, 6.07) is 11.3. The number of benzene rings is 2. The topological polar surface area (TPSA) is 0 Å². The quantitative estimate of drug-likeness (QED) is 0.685. The average molecular weight is 212 g/mol. The van der Waals surface area contributed by atoms with Crippen molar-refractivity contribution in [2.75, 3.05) is 0 Å². The van der Waals surface area contributed by atoms with Crippen LogP contribution in [0.1, 0.15) is 36.5 Å². The number of unbranched alkanes of at least 4 members (excludes halogenated alkanes) is 1. The maximum atomic E-state index is 2.33. The van der Waals surface area contributed by atoms with Gasteiger partial charge in [0, 0.05) is 0 Å². The Hall–Kier alpha value is -1.30. The van der Waals surface area contributed by atoms with E-state index in [1.54, 1.807) is 0 Å². The first-order chi connectivity index (χ1) is 7.72. The normalized spacial score (nSPS) is 10.9. The van der Waals surface area contributed by atoms with Gasteiger partial charge in [-0.05, 0) is 48.6 Å². The van der Waals surface area contributed by atoms with Crippen LogP contribution < -0.4 is 0 Å². The van der Waals surface area contributed by atoms with Gasteiger partial charge in [-0.25, -0.2) is 0 Å². The van der Waals surface area contributed by atoms with E-state index in [0.717, 1.165) is 0 Å². The summed E-state index contributed by atoms with van der Waals surface area (Å²) >= 11 is 0. The molecule has 2 rings (SSSR count). The first-order valence-corrected chi connectivity index (χ1v) is 6.21. The van der Waals surface area contributed by atoms with Crippen molar-refractivity contribution in [1.29, 1.82) is 0 Å². The van der Waals surface area contributed by atoms with Gasteiger partial charge >= 0.3 is 0 Å². The minimum Gasteiger partial charge on any atom is -0.0654 e. The summed E-state index contributed by atoms with van der Waals surface area (Å²) in [5.41, 5.74) is 4.25. The van der Waals surface area contributed by atoms with Crippen molar-refractivity contribution >= 4 is 10.8 Å². The van der Waals surface area contributed by atoms with Gasteiger partial charge in [-0.3, -0.25) is 0 Å². The lowest BCUT2D eigenvalue weighted by Gasteiger charge is -2.09. The maximum Gasteiger partial charge on any atom is -0.0147 e. The van der Waals surface area contributed by atoms with E-state index in [-0.39, 0.29) is 0 Å². The third kappa shape index (κ3) is 2.11. The van der Waals surface area contributed by atoms with Crippen molar-refractivity contribution in [2.45, 2.75) is 40.0 Å². The van der Waals surface area contributed by atoms with Gasteiger partial charge < -0.3 is 0 Å². The molecule has 0 aromatic heterocycles. The van der Waals surface area contributed by atoms with Crippen LogP contribution in [0.15, 0.2) is 30.3 Å². The van der Waals surface area contributed by atoms with Crippen molar-refractivity contribution in [3.8, 4) is 0 Å². The largest absolute Gasteiger partial charge is 0.0654 e. The van der Waals surface area contributed by atoms with Gasteiger partial charge in [-0.15, -0.1) is 0 Å². The molecule has 0 radical (unpaired) electrons. The number of hydrogen-bond acceptors (Lipinski definition) is 0. The van der Waals surface area contributed by atoms with Crippen LogP contribution in [0.5, 0.6) is 0 Å². The minimum atomic E-state index is 1.21. The van der Waals surface area contributed by atoms with Crippen molar-refractivity contribution in [3.63, 3.8) is 0 Å². The monoisotopic (exact) mass is 212 g/mol. The molecule has 0 saturated heterocycles. The highest BCUT2D eigenvalue weighted by atomic mass is 14.1. The summed E-state index contributed by atoms with van der Waals surface area (Å²) in [5, 5.41) is 2.87. The van der Waals surface area contributed by atoms with Crippen LogP contribution >= 0.6 is 0 Å². The Kier molecular flexibility index (Phi) is 3.28. The Balaban J connectivity index is 2.56. The zero-order chi connectivity index (χ0) is 11.5. The fourth-order valence-corrected chi connectivity index (χ4v) is 2.26. The van der Waals surface area contributed by atoms with Crippen LogP contribution in [0.4, 0.5) is 0 Å². The molecule has 0 saturated carbocycles. The molecule has 84 valence electrons. The summed E-state index contributed by atoms with van der Waals surface area (Å²) in [5.74, 6) is 0. The van der Waals surface area contributed by atoms with Crippen molar-refractivity contribution < 1.29 is 0 Å². The molecule has 0 spiro atoms. The second-order valence-electron chi connectivity index (χ2n) is 4.69. The summed E-state index contributed by atoms with van der Waals surface area (Å²) in [4.78, 5) is 0. The molecular formula is C16H20. The van der Waals surface area contributed by atoms with Gasteiger partial charge in [-0.1, -0.05) is 49.2 Å². The van der Waals surface area contributed by atoms with E-state index < -0.39 is 0 Å². The maximum absolute atomic E-state index is 2.33. The lowest BCUT2D eigenvalue weighted by molar-refractivity contribution is 0.799. The number of hydrogen-bond donors (Lipinski definition) is 0. The first-order valence-electron chi connectivity index (χ1n) is 6.21. The number of fused-ring (bicyclic) bond motifs is 1. The Morgan fingerprint density at radius 3 is 2.50 bits per heavy atom. The van der Waals surface area contributed by atoms with E-state index in [2.05, 4.69) is 51.1 Å². The van der Waals surface area contributed by atoms with Crippen LogP contribution in [-0.4, -0.2) is 0 Å². The molecule has 0 atom stereocenters. The molecule has 0 amide bonds. The third-order valence-electron chi connectivity index (χ3n) is 3.28. The van der Waals surface area contributed by atoms with Gasteiger partial charge in [0.25, 0.3) is 0 Å². The van der Waals surface area contributed by atoms with Crippen LogP contribution in [0.2, 0.25) is 0 Å². The molecule has 0 fully saturated rings. The van der Waals surface area contributed by atoms with Crippen LogP contribution in [0, 0.1) is 13.8 Å². The predicted octanol–water partition coefficient (Wildman–Crippen LogP) is 4.80. The highest BCUT2D eigenvalue weighted by molar-refractivity contribution is 5.89. The molecule has 0 bridgehead atoms. The molecule has 0 unspecified atom stereocenters. The Bertz CT molecular complexity index is 495. The highest BCUT2D eigenvalue weighted by Gasteiger charge is 2.03. The lowest BCUT2D eigenvalue weighted by atomic mass is 9.96. The summed E-state index contributed by atoms with van der Waals surface area (Å²) < 4.78 is 0. The van der Waals surface area contributed by atoms with Gasteiger partial charge in [0.2, 0.25) is 0 Å². The number of aryl methyl sites for hydroxylation is 3. The molecule has 2 aromatic rings. The molecule has 0 heterocycles. The molecule has 0 aliphatic carbocycles. The van der Waals surface area contributed by atoms with Crippen molar-refractivity contribution in [3.05, 3.63) is 47.0 Å². The standard InChI is InChI=1S/C16H20/c1-4-5-6-14-9-8-13(3)15-10-7-12(2)11-16(14)15/h7-11H,4-6H2,1-3H3. The van der Waals surface area contributed by atoms with E-state index in [1.807, 2.05) is 0 Å². The van der Waals surface area contributed by atoms with Gasteiger partial charge in [-0.2, -0.15) is 0 Å². The van der Waals surface area contributed by atoms with Crippen molar-refractivity contribution in [1.82, 2.24) is 0 Å². The molecule has 0 aliphatic rings. The fourth-order valence-electron chi connectivity index (χ4n) is 2.26. The molecule has 2 aromatic carbocycles. The van der Waals surface area contributed by atoms with E-state index in [9.17, 15) is 0 Å². The summed E-state index contributed by atoms with van der Waals surface area (Å²) in [7, 11) is 0. The fraction of sp³-hybridized carbons (Fsp3) is 0.375. The second kappa shape index (κ2) is 4.69. The average Bonchev–Trinajstić information content (AvgIpc) is 2.28. The molecular weight excluding hydrogens is 192 g/mol. The molecule has 0 nitrogen and oxygen atoms in total.